The van der Waals surface area contributed by atoms with E-state index in [-0.39, 0.29) is 35.9 Å². The van der Waals surface area contributed by atoms with Gasteiger partial charge in [0.15, 0.2) is 17.3 Å². The molecule has 14 nitrogen and oxygen atoms in total. The maximum atomic E-state index is 13.6. The lowest BCUT2D eigenvalue weighted by molar-refractivity contribution is 0.103. The van der Waals surface area contributed by atoms with Crippen LogP contribution in [0.15, 0.2) is 18.7 Å². The van der Waals surface area contributed by atoms with E-state index < -0.39 is 27.2 Å². The van der Waals surface area contributed by atoms with Gasteiger partial charge in [-0.05, 0) is 25.7 Å². The van der Waals surface area contributed by atoms with Crippen molar-refractivity contribution >= 4 is 21.9 Å². The van der Waals surface area contributed by atoms with Crippen molar-refractivity contribution in [3.05, 3.63) is 30.4 Å². The zero-order valence-corrected chi connectivity index (χ0v) is 21.1. The molecule has 2 aliphatic heterocycles. The van der Waals surface area contributed by atoms with Crippen LogP contribution in [0, 0.1) is 5.82 Å². The third kappa shape index (κ3) is 4.98. The van der Waals surface area contributed by atoms with Gasteiger partial charge < -0.3 is 19.1 Å². The van der Waals surface area contributed by atoms with Crippen molar-refractivity contribution in [3.8, 4) is 17.4 Å². The van der Waals surface area contributed by atoms with Crippen LogP contribution in [0.4, 0.5) is 16.3 Å². The first kappa shape index (κ1) is 25.0. The fourth-order valence-electron chi connectivity index (χ4n) is 4.46. The minimum atomic E-state index is -3.97. The van der Waals surface area contributed by atoms with Gasteiger partial charge in [-0.2, -0.15) is 9.97 Å². The first-order valence-corrected chi connectivity index (χ1v) is 13.2. The van der Waals surface area contributed by atoms with Gasteiger partial charge in [0.25, 0.3) is 0 Å². The number of sulfonamides is 1. The number of aromatic nitrogens is 7. The Bertz CT molecular complexity index is 1330. The minimum absolute atomic E-state index is 0.0768. The van der Waals surface area contributed by atoms with Crippen LogP contribution in [-0.2, 0) is 14.8 Å². The summed E-state index contributed by atoms with van der Waals surface area (Å²) in [5.74, 6) is 0.274. The molecule has 0 radical (unpaired) electrons. The normalized spacial score (nSPS) is 20.1. The lowest BCUT2D eigenvalue weighted by atomic mass is 10.1. The molecule has 0 unspecified atom stereocenters. The Hall–Kier alpha value is -3.66. The topological polar surface area (TPSA) is 159 Å². The molecule has 2 saturated heterocycles. The smallest absolute Gasteiger partial charge is 0.245 e. The molecule has 16 heteroatoms. The van der Waals surface area contributed by atoms with Crippen LogP contribution in [0.1, 0.15) is 37.6 Å². The van der Waals surface area contributed by atoms with Crippen molar-refractivity contribution in [1.82, 2.24) is 34.7 Å². The summed E-state index contributed by atoms with van der Waals surface area (Å²) in [6, 6.07) is 0. The molecule has 0 aromatic carbocycles. The third-order valence-corrected chi connectivity index (χ3v) is 7.94. The molecule has 0 bridgehead atoms. The number of anilines is 2. The van der Waals surface area contributed by atoms with E-state index in [9.17, 15) is 12.8 Å². The second kappa shape index (κ2) is 10.4. The van der Waals surface area contributed by atoms with Crippen molar-refractivity contribution in [2.45, 2.75) is 37.0 Å². The van der Waals surface area contributed by atoms with Crippen molar-refractivity contribution in [2.75, 3.05) is 43.5 Å². The highest BCUT2D eigenvalue weighted by molar-refractivity contribution is 7.93. The van der Waals surface area contributed by atoms with Gasteiger partial charge in [0.2, 0.25) is 33.7 Å². The zero-order valence-electron chi connectivity index (χ0n) is 20.2. The van der Waals surface area contributed by atoms with Crippen LogP contribution in [0.25, 0.3) is 5.69 Å². The fourth-order valence-corrected chi connectivity index (χ4v) is 5.87. The summed E-state index contributed by atoms with van der Waals surface area (Å²) in [5, 5.41) is 7.59. The summed E-state index contributed by atoms with van der Waals surface area (Å²) in [5.41, 5.74) is 0.241. The van der Waals surface area contributed by atoms with Crippen LogP contribution in [-0.4, -0.2) is 82.3 Å². The molecule has 3 aromatic rings. The predicted molar refractivity (Wildman–Crippen MR) is 128 cm³/mol. The largest absolute Gasteiger partial charge is 0.479 e. The van der Waals surface area contributed by atoms with E-state index >= 15 is 0 Å². The Balaban J connectivity index is 1.50. The maximum absolute atomic E-state index is 13.6. The van der Waals surface area contributed by atoms with Gasteiger partial charge >= 0.3 is 0 Å². The number of ether oxygens (including phenoxy) is 3. The van der Waals surface area contributed by atoms with E-state index in [4.69, 9.17) is 14.2 Å². The average molecular weight is 536 g/mol. The lowest BCUT2D eigenvalue weighted by Crippen LogP contribution is -2.45. The van der Waals surface area contributed by atoms with Gasteiger partial charge in [-0.3, -0.25) is 9.29 Å². The molecule has 1 N–H and O–H groups in total. The summed E-state index contributed by atoms with van der Waals surface area (Å²) in [6.45, 7) is 1.21. The number of nitrogens with one attached hydrogen (secondary N) is 1. The highest BCUT2D eigenvalue weighted by atomic mass is 32.2. The Morgan fingerprint density at radius 2 is 1.78 bits per heavy atom. The maximum Gasteiger partial charge on any atom is 0.245 e. The Morgan fingerprint density at radius 3 is 2.43 bits per heavy atom. The Labute approximate surface area is 212 Å². The van der Waals surface area contributed by atoms with Crippen molar-refractivity contribution in [1.29, 1.82) is 0 Å². The average Bonchev–Trinajstić information content (AvgIpc) is 3.58. The van der Waals surface area contributed by atoms with Crippen LogP contribution in [0.2, 0.25) is 0 Å². The van der Waals surface area contributed by atoms with Gasteiger partial charge in [0.1, 0.15) is 12.4 Å². The number of piperidine rings is 1. The van der Waals surface area contributed by atoms with Gasteiger partial charge in [-0.25, -0.2) is 22.8 Å². The summed E-state index contributed by atoms with van der Waals surface area (Å²) < 4.78 is 61.1. The van der Waals surface area contributed by atoms with E-state index in [1.807, 2.05) is 0 Å². The molecule has 0 spiro atoms. The number of hydrogen-bond acceptors (Lipinski definition) is 12. The van der Waals surface area contributed by atoms with Crippen molar-refractivity contribution in [2.24, 2.45) is 0 Å². The highest BCUT2D eigenvalue weighted by Gasteiger charge is 2.36. The van der Waals surface area contributed by atoms with E-state index in [2.05, 4.69) is 34.9 Å². The predicted octanol–water partition coefficient (Wildman–Crippen LogP) is 1.27. The number of methoxy groups -OCH3 is 2. The highest BCUT2D eigenvalue weighted by Crippen LogP contribution is 2.37. The molecule has 2 atom stereocenters. The molecule has 2 aliphatic rings. The molecule has 0 amide bonds. The fraction of sp³-hybridized carbons (Fsp3) is 0.524. The summed E-state index contributed by atoms with van der Waals surface area (Å²) in [7, 11) is -1.11. The molecular formula is C21H26FN9O5S. The molecule has 5 rings (SSSR count). The molecule has 3 aromatic heterocycles. The number of halogens is 1. The first-order valence-electron chi connectivity index (χ1n) is 11.7. The van der Waals surface area contributed by atoms with Gasteiger partial charge in [0.05, 0.1) is 31.9 Å². The van der Waals surface area contributed by atoms with E-state index in [1.165, 1.54) is 25.1 Å². The summed E-state index contributed by atoms with van der Waals surface area (Å²) >= 11 is 0. The van der Waals surface area contributed by atoms with E-state index in [0.29, 0.717) is 38.2 Å². The summed E-state index contributed by atoms with van der Waals surface area (Å²) in [4.78, 5) is 18.0. The van der Waals surface area contributed by atoms with Crippen molar-refractivity contribution in [3.63, 3.8) is 0 Å². The molecular weight excluding hydrogens is 509 g/mol. The molecule has 2 fully saturated rings. The van der Waals surface area contributed by atoms with E-state index in [0.717, 1.165) is 18.8 Å². The van der Waals surface area contributed by atoms with Crippen LogP contribution >= 0.6 is 0 Å². The molecule has 37 heavy (non-hydrogen) atoms. The van der Waals surface area contributed by atoms with Gasteiger partial charge in [-0.15, -0.1) is 10.2 Å². The van der Waals surface area contributed by atoms with Crippen LogP contribution in [0.3, 0.4) is 0 Å². The number of hydrogen-bond donors (Lipinski definition) is 1. The zero-order chi connectivity index (χ0) is 26.0. The van der Waals surface area contributed by atoms with Crippen molar-refractivity contribution < 1.29 is 27.0 Å². The van der Waals surface area contributed by atoms with Gasteiger partial charge in [-0.1, -0.05) is 0 Å². The Morgan fingerprint density at radius 1 is 1.05 bits per heavy atom. The molecule has 0 saturated carbocycles. The van der Waals surface area contributed by atoms with Gasteiger partial charge in [0, 0.05) is 19.7 Å². The van der Waals surface area contributed by atoms with Crippen LogP contribution < -0.4 is 19.1 Å². The standard InChI is InChI=1S/C21H26FN9O5S/c1-34-18-16(19(35-2)26-12-25-18)31-17(15-6-4-8-36-15)27-28-21(31)29-37(32,33)14-5-3-7-30(11-14)20-23-9-13(22)10-24-20/h9-10,12,14-15H,3-8,11H2,1-2H3,(H,28,29)/t14-,15+/m0/s1. The van der Waals surface area contributed by atoms with E-state index in [1.54, 1.807) is 4.90 Å². The molecule has 198 valence electrons. The quantitative estimate of drug-likeness (QED) is 0.441. The second-order valence-corrected chi connectivity index (χ2v) is 10.5. The SMILES string of the molecule is COc1ncnc(OC)c1-n1c(NS(=O)(=O)[C@H]2CCCN(c3ncc(F)cn3)C2)nnc1[C@H]1CCCO1. The monoisotopic (exact) mass is 535 g/mol. The van der Waals surface area contributed by atoms with Crippen LogP contribution in [0.5, 0.6) is 11.8 Å². The minimum Gasteiger partial charge on any atom is -0.479 e. The Kier molecular flexibility index (Phi) is 7.01. The number of rotatable bonds is 8. The molecule has 0 aliphatic carbocycles. The first-order chi connectivity index (χ1) is 17.9. The molecule has 5 heterocycles. The number of nitrogens with zero attached hydrogens (tertiary/aromatic N) is 8. The second-order valence-electron chi connectivity index (χ2n) is 8.52. The third-order valence-electron chi connectivity index (χ3n) is 6.21. The summed E-state index contributed by atoms with van der Waals surface area (Å²) in [6.07, 6.45) is 5.44. The lowest BCUT2D eigenvalue weighted by Gasteiger charge is -2.32.